The molecule has 5 heterocycles. The number of hydrogen-bond donors (Lipinski definition) is 1. The molecule has 1 N–H and O–H groups in total. The van der Waals surface area contributed by atoms with Crippen LogP contribution in [0.3, 0.4) is 0 Å². The third kappa shape index (κ3) is 2.96. The lowest BCUT2D eigenvalue weighted by molar-refractivity contribution is -0.0504. The summed E-state index contributed by atoms with van der Waals surface area (Å²) in [7, 11) is 0. The third-order valence-electron chi connectivity index (χ3n) is 5.96. The van der Waals surface area contributed by atoms with Crippen molar-refractivity contribution in [3.05, 3.63) is 42.1 Å². The van der Waals surface area contributed by atoms with E-state index >= 15 is 0 Å². The molecule has 1 atom stereocenters. The van der Waals surface area contributed by atoms with Crippen LogP contribution in [-0.4, -0.2) is 59.0 Å². The first-order valence-corrected chi connectivity index (χ1v) is 9.99. The molecule has 1 saturated heterocycles. The Morgan fingerprint density at radius 2 is 2.14 bits per heavy atom. The molecular weight excluding hydrogens is 372 g/mol. The number of piperidine rings is 1. The molecule has 9 heteroatoms. The Balaban J connectivity index is 1.33. The number of ether oxygens (including phenoxy) is 1. The Morgan fingerprint density at radius 3 is 2.90 bits per heavy atom. The van der Waals surface area contributed by atoms with Gasteiger partial charge in [0.25, 0.3) is 5.91 Å². The summed E-state index contributed by atoms with van der Waals surface area (Å²) >= 11 is 0. The molecular formula is C20H24N6O3. The van der Waals surface area contributed by atoms with Crippen molar-refractivity contribution in [2.24, 2.45) is 0 Å². The van der Waals surface area contributed by atoms with Gasteiger partial charge in [0.05, 0.1) is 11.8 Å². The van der Waals surface area contributed by atoms with Crippen molar-refractivity contribution >= 4 is 11.6 Å². The van der Waals surface area contributed by atoms with E-state index in [4.69, 9.17) is 4.74 Å². The lowest BCUT2D eigenvalue weighted by Gasteiger charge is -2.44. The summed E-state index contributed by atoms with van der Waals surface area (Å²) in [6.07, 6.45) is 6.27. The van der Waals surface area contributed by atoms with Crippen LogP contribution in [0.25, 0.3) is 5.65 Å². The van der Waals surface area contributed by atoms with Gasteiger partial charge in [0, 0.05) is 44.6 Å². The third-order valence-corrected chi connectivity index (χ3v) is 5.96. The van der Waals surface area contributed by atoms with E-state index in [2.05, 4.69) is 15.2 Å². The monoisotopic (exact) mass is 396 g/mol. The van der Waals surface area contributed by atoms with Crippen molar-refractivity contribution in [2.45, 2.75) is 50.9 Å². The van der Waals surface area contributed by atoms with Crippen LogP contribution in [0.2, 0.25) is 0 Å². The summed E-state index contributed by atoms with van der Waals surface area (Å²) in [5.41, 5.74) is 1.26. The van der Waals surface area contributed by atoms with Gasteiger partial charge in [-0.1, -0.05) is 0 Å². The second-order valence-electron chi connectivity index (χ2n) is 8.20. The molecule has 1 unspecified atom stereocenters. The van der Waals surface area contributed by atoms with Crippen LogP contribution >= 0.6 is 0 Å². The molecule has 1 spiro atoms. The van der Waals surface area contributed by atoms with E-state index in [0.29, 0.717) is 55.0 Å². The fraction of sp³-hybridized carbons (Fsp3) is 0.500. The van der Waals surface area contributed by atoms with Crippen LogP contribution in [-0.2, 0) is 0 Å². The number of carbonyl (C=O) groups excluding carboxylic acids is 1. The van der Waals surface area contributed by atoms with Gasteiger partial charge in [-0.3, -0.25) is 9.48 Å². The quantitative estimate of drug-likeness (QED) is 0.712. The molecule has 1 fully saturated rings. The second-order valence-corrected chi connectivity index (χ2v) is 8.20. The van der Waals surface area contributed by atoms with Crippen molar-refractivity contribution in [1.82, 2.24) is 29.3 Å². The molecule has 0 bridgehead atoms. The minimum atomic E-state index is -0.647. The van der Waals surface area contributed by atoms with E-state index in [1.165, 1.54) is 6.33 Å². The first kappa shape index (κ1) is 18.1. The zero-order valence-electron chi connectivity index (χ0n) is 16.5. The second kappa shape index (κ2) is 6.55. The van der Waals surface area contributed by atoms with Crippen molar-refractivity contribution in [3.8, 4) is 5.75 Å². The molecule has 0 aliphatic carbocycles. The average molecular weight is 396 g/mol. The highest BCUT2D eigenvalue weighted by Gasteiger charge is 2.45. The molecule has 3 aromatic rings. The zero-order chi connectivity index (χ0) is 20.2. The Labute approximate surface area is 167 Å². The fourth-order valence-corrected chi connectivity index (χ4v) is 4.29. The predicted molar refractivity (Wildman–Crippen MR) is 104 cm³/mol. The number of nitrogens with zero attached hydrogens (tertiary/aromatic N) is 6. The van der Waals surface area contributed by atoms with Crippen molar-refractivity contribution < 1.29 is 14.6 Å². The summed E-state index contributed by atoms with van der Waals surface area (Å²) in [4.78, 5) is 19.1. The maximum atomic E-state index is 13.1. The van der Waals surface area contributed by atoms with E-state index in [1.807, 2.05) is 29.6 Å². The Hall–Kier alpha value is -2.94. The minimum absolute atomic E-state index is 0.0527. The number of aromatic nitrogens is 5. The number of amides is 1. The Bertz CT molecular complexity index is 1060. The molecule has 0 aromatic carbocycles. The normalized spacial score (nSPS) is 20.8. The highest BCUT2D eigenvalue weighted by molar-refractivity contribution is 5.99. The lowest BCUT2D eigenvalue weighted by atomic mass is 9.83. The summed E-state index contributed by atoms with van der Waals surface area (Å²) in [6.45, 7) is 5.21. The van der Waals surface area contributed by atoms with Crippen LogP contribution in [0.15, 0.2) is 30.9 Å². The highest BCUT2D eigenvalue weighted by Crippen LogP contribution is 2.44. The lowest BCUT2D eigenvalue weighted by Crippen LogP contribution is -2.51. The van der Waals surface area contributed by atoms with Crippen molar-refractivity contribution in [3.63, 3.8) is 0 Å². The predicted octanol–water partition coefficient (Wildman–Crippen LogP) is 2.00. The molecule has 5 rings (SSSR count). The number of fused-ring (bicyclic) bond motifs is 2. The van der Waals surface area contributed by atoms with E-state index in [0.717, 1.165) is 0 Å². The Morgan fingerprint density at radius 1 is 1.34 bits per heavy atom. The van der Waals surface area contributed by atoms with Gasteiger partial charge in [-0.25, -0.2) is 9.50 Å². The van der Waals surface area contributed by atoms with E-state index in [-0.39, 0.29) is 11.9 Å². The first-order valence-electron chi connectivity index (χ1n) is 9.99. The fourth-order valence-electron chi connectivity index (χ4n) is 4.29. The summed E-state index contributed by atoms with van der Waals surface area (Å²) < 4.78 is 9.77. The maximum absolute atomic E-state index is 13.1. The average Bonchev–Trinajstić information content (AvgIpc) is 3.35. The standard InChI is InChI=1S/C20H24N6O3/c1-13(2)26-11-16-17(23-26)15(27)10-20(29-16)5-8-24(9-6-20)19(28)14-4-3-7-25-18(14)21-12-22-25/h3-4,7,11-13,15,27H,5-6,8-10H2,1-2H3. The van der Waals surface area contributed by atoms with Gasteiger partial charge in [-0.15, -0.1) is 0 Å². The molecule has 0 saturated carbocycles. The molecule has 2 aliphatic rings. The van der Waals surface area contributed by atoms with Crippen molar-refractivity contribution in [2.75, 3.05) is 13.1 Å². The number of aliphatic hydroxyl groups excluding tert-OH is 1. The molecule has 2 aliphatic heterocycles. The summed E-state index contributed by atoms with van der Waals surface area (Å²) in [6, 6.07) is 3.78. The number of rotatable bonds is 2. The minimum Gasteiger partial charge on any atom is -0.483 e. The van der Waals surface area contributed by atoms with Gasteiger partial charge in [-0.2, -0.15) is 10.2 Å². The van der Waals surface area contributed by atoms with E-state index < -0.39 is 11.7 Å². The van der Waals surface area contributed by atoms with E-state index in [1.54, 1.807) is 22.8 Å². The number of aliphatic hydroxyl groups is 1. The van der Waals surface area contributed by atoms with E-state index in [9.17, 15) is 9.90 Å². The SMILES string of the molecule is CC(C)n1cc2c(n1)C(O)CC1(CCN(C(=O)c3cccn4ncnc34)CC1)O2. The first-order chi connectivity index (χ1) is 14.0. The van der Waals surface area contributed by atoms with Gasteiger partial charge >= 0.3 is 0 Å². The topological polar surface area (TPSA) is 97.8 Å². The number of pyridine rings is 1. The number of carbonyl (C=O) groups is 1. The smallest absolute Gasteiger partial charge is 0.257 e. The summed E-state index contributed by atoms with van der Waals surface area (Å²) in [5, 5.41) is 19.2. The van der Waals surface area contributed by atoms with Gasteiger partial charge in [-0.05, 0) is 26.0 Å². The number of hydrogen-bond acceptors (Lipinski definition) is 6. The van der Waals surface area contributed by atoms with Gasteiger partial charge in [0.15, 0.2) is 11.4 Å². The van der Waals surface area contributed by atoms with Crippen LogP contribution in [0.5, 0.6) is 5.75 Å². The molecule has 152 valence electrons. The van der Waals surface area contributed by atoms with Crippen LogP contribution in [0.4, 0.5) is 0 Å². The molecule has 3 aromatic heterocycles. The van der Waals surface area contributed by atoms with Gasteiger partial charge < -0.3 is 14.7 Å². The van der Waals surface area contributed by atoms with Gasteiger partial charge in [0.1, 0.15) is 23.7 Å². The van der Waals surface area contributed by atoms with Crippen LogP contribution in [0.1, 0.15) is 61.3 Å². The van der Waals surface area contributed by atoms with Crippen LogP contribution in [0, 0.1) is 0 Å². The molecule has 29 heavy (non-hydrogen) atoms. The largest absolute Gasteiger partial charge is 0.483 e. The molecule has 9 nitrogen and oxygen atoms in total. The summed E-state index contributed by atoms with van der Waals surface area (Å²) in [5.74, 6) is 0.605. The molecule has 0 radical (unpaired) electrons. The molecule has 1 amide bonds. The van der Waals surface area contributed by atoms with Crippen LogP contribution < -0.4 is 4.74 Å². The Kier molecular flexibility index (Phi) is 4.09. The zero-order valence-corrected chi connectivity index (χ0v) is 16.5. The maximum Gasteiger partial charge on any atom is 0.257 e. The number of likely N-dealkylation sites (tertiary alicyclic amines) is 1. The highest BCUT2D eigenvalue weighted by atomic mass is 16.5. The van der Waals surface area contributed by atoms with Gasteiger partial charge in [0.2, 0.25) is 0 Å². The van der Waals surface area contributed by atoms with Crippen molar-refractivity contribution in [1.29, 1.82) is 0 Å².